The number of likely N-dealkylation sites (N-methyl/N-ethyl adjacent to an activating group) is 1. The lowest BCUT2D eigenvalue weighted by atomic mass is 10.1. The molecule has 0 fully saturated rings. The molecule has 2 heterocycles. The predicted molar refractivity (Wildman–Crippen MR) is 96.5 cm³/mol. The summed E-state index contributed by atoms with van der Waals surface area (Å²) in [7, 11) is 5.90. The van der Waals surface area contributed by atoms with E-state index >= 15 is 0 Å². The van der Waals surface area contributed by atoms with Gasteiger partial charge in [0.2, 0.25) is 0 Å². The van der Waals surface area contributed by atoms with Crippen LogP contribution in [0.2, 0.25) is 0 Å². The Kier molecular flexibility index (Phi) is 4.62. The van der Waals surface area contributed by atoms with Crippen molar-refractivity contribution in [3.8, 4) is 0 Å². The van der Waals surface area contributed by atoms with Crippen molar-refractivity contribution in [2.24, 2.45) is 7.05 Å². The second-order valence-corrected chi connectivity index (χ2v) is 6.10. The molecule has 0 amide bonds. The standard InChI is InChI=1S/C17H20N6O2/c1-21(2)16(12-9-20-22(3)11-12)10-19-14-6-7-15(23(24)25)13-5-4-8-18-17(13)14/h4-9,11,16,19H,10H2,1-3H3. The molecular weight excluding hydrogens is 320 g/mol. The number of nitro benzene ring substituents is 1. The maximum atomic E-state index is 11.2. The van der Waals surface area contributed by atoms with Crippen LogP contribution >= 0.6 is 0 Å². The molecular formula is C17H20N6O2. The fourth-order valence-electron chi connectivity index (χ4n) is 2.88. The molecule has 1 unspecified atom stereocenters. The zero-order valence-electron chi connectivity index (χ0n) is 14.4. The molecule has 130 valence electrons. The molecule has 8 nitrogen and oxygen atoms in total. The molecule has 0 spiro atoms. The minimum atomic E-state index is -0.383. The van der Waals surface area contributed by atoms with Gasteiger partial charge in [-0.15, -0.1) is 0 Å². The molecule has 3 rings (SSSR count). The van der Waals surface area contributed by atoms with Crippen LogP contribution in [0.15, 0.2) is 42.9 Å². The average molecular weight is 340 g/mol. The first-order chi connectivity index (χ1) is 12.0. The highest BCUT2D eigenvalue weighted by molar-refractivity contribution is 5.96. The van der Waals surface area contributed by atoms with Crippen molar-refractivity contribution in [3.05, 3.63) is 58.5 Å². The van der Waals surface area contributed by atoms with E-state index in [0.717, 1.165) is 11.3 Å². The van der Waals surface area contributed by atoms with Crippen LogP contribution in [0.1, 0.15) is 11.6 Å². The van der Waals surface area contributed by atoms with Crippen LogP contribution in [0.3, 0.4) is 0 Å². The monoisotopic (exact) mass is 340 g/mol. The predicted octanol–water partition coefficient (Wildman–Crippen LogP) is 2.59. The summed E-state index contributed by atoms with van der Waals surface area (Å²) in [5.41, 5.74) is 2.53. The summed E-state index contributed by atoms with van der Waals surface area (Å²) in [5, 5.41) is 19.3. The minimum Gasteiger partial charge on any atom is -0.381 e. The number of non-ortho nitro benzene ring substituents is 1. The normalized spacial score (nSPS) is 12.5. The molecule has 0 saturated heterocycles. The van der Waals surface area contributed by atoms with E-state index in [0.29, 0.717) is 17.4 Å². The van der Waals surface area contributed by atoms with Gasteiger partial charge in [-0.25, -0.2) is 0 Å². The van der Waals surface area contributed by atoms with Gasteiger partial charge >= 0.3 is 0 Å². The van der Waals surface area contributed by atoms with Crippen LogP contribution < -0.4 is 5.32 Å². The van der Waals surface area contributed by atoms with Crippen molar-refractivity contribution >= 4 is 22.3 Å². The van der Waals surface area contributed by atoms with Crippen molar-refractivity contribution in [3.63, 3.8) is 0 Å². The summed E-state index contributed by atoms with van der Waals surface area (Å²) in [6.45, 7) is 0.627. The average Bonchev–Trinajstić information content (AvgIpc) is 3.00. The number of aromatic nitrogens is 3. The molecule has 1 aromatic carbocycles. The lowest BCUT2D eigenvalue weighted by molar-refractivity contribution is -0.383. The van der Waals surface area contributed by atoms with E-state index in [2.05, 4.69) is 20.3 Å². The lowest BCUT2D eigenvalue weighted by Crippen LogP contribution is -2.26. The topological polar surface area (TPSA) is 89.1 Å². The van der Waals surface area contributed by atoms with Crippen LogP contribution in [-0.4, -0.2) is 45.2 Å². The Hall–Kier alpha value is -3.00. The number of rotatable bonds is 6. The summed E-state index contributed by atoms with van der Waals surface area (Å²) >= 11 is 0. The Labute approximate surface area is 145 Å². The Morgan fingerprint density at radius 1 is 1.36 bits per heavy atom. The van der Waals surface area contributed by atoms with E-state index < -0.39 is 0 Å². The molecule has 8 heteroatoms. The zero-order valence-corrected chi connectivity index (χ0v) is 14.4. The molecule has 2 aromatic heterocycles. The number of fused-ring (bicyclic) bond motifs is 1. The molecule has 0 aliphatic rings. The molecule has 0 aliphatic carbocycles. The quantitative estimate of drug-likeness (QED) is 0.548. The molecule has 1 atom stereocenters. The summed E-state index contributed by atoms with van der Waals surface area (Å²) in [5.74, 6) is 0. The van der Waals surface area contributed by atoms with Crippen LogP contribution in [-0.2, 0) is 7.05 Å². The van der Waals surface area contributed by atoms with Gasteiger partial charge in [0.1, 0.15) is 5.52 Å². The fraction of sp³-hybridized carbons (Fsp3) is 0.294. The SMILES string of the molecule is CN(C)C(CNc1ccc([N+](=O)[O-])c2cccnc12)c1cnn(C)c1. The molecule has 25 heavy (non-hydrogen) atoms. The number of hydrogen-bond donors (Lipinski definition) is 1. The Bertz CT molecular complexity index is 905. The highest BCUT2D eigenvalue weighted by atomic mass is 16.6. The number of hydrogen-bond acceptors (Lipinski definition) is 6. The smallest absolute Gasteiger partial charge is 0.278 e. The van der Waals surface area contributed by atoms with Gasteiger partial charge in [-0.3, -0.25) is 19.8 Å². The van der Waals surface area contributed by atoms with Gasteiger partial charge < -0.3 is 10.2 Å². The molecule has 0 aliphatic heterocycles. The third-order valence-electron chi connectivity index (χ3n) is 4.16. The number of nitro groups is 1. The van der Waals surface area contributed by atoms with Crippen molar-refractivity contribution in [1.29, 1.82) is 0 Å². The summed E-state index contributed by atoms with van der Waals surface area (Å²) in [6, 6.07) is 6.76. The van der Waals surface area contributed by atoms with Crippen LogP contribution in [0.5, 0.6) is 0 Å². The largest absolute Gasteiger partial charge is 0.381 e. The van der Waals surface area contributed by atoms with Gasteiger partial charge in [0.25, 0.3) is 5.69 Å². The number of anilines is 1. The molecule has 0 radical (unpaired) electrons. The third-order valence-corrected chi connectivity index (χ3v) is 4.16. The highest BCUT2D eigenvalue weighted by Gasteiger charge is 2.18. The molecule has 0 saturated carbocycles. The first kappa shape index (κ1) is 16.8. The Morgan fingerprint density at radius 3 is 2.80 bits per heavy atom. The van der Waals surface area contributed by atoms with E-state index in [1.54, 1.807) is 29.1 Å². The van der Waals surface area contributed by atoms with Gasteiger partial charge in [-0.05, 0) is 32.3 Å². The van der Waals surface area contributed by atoms with Crippen molar-refractivity contribution < 1.29 is 4.92 Å². The number of aryl methyl sites for hydroxylation is 1. The van der Waals surface area contributed by atoms with E-state index in [1.807, 2.05) is 33.5 Å². The van der Waals surface area contributed by atoms with E-state index in [-0.39, 0.29) is 16.7 Å². The maximum Gasteiger partial charge on any atom is 0.278 e. The Balaban J connectivity index is 1.90. The lowest BCUT2D eigenvalue weighted by Gasteiger charge is -2.24. The Morgan fingerprint density at radius 2 is 2.16 bits per heavy atom. The summed E-state index contributed by atoms with van der Waals surface area (Å²) in [4.78, 5) is 17.3. The number of nitrogens with zero attached hydrogens (tertiary/aromatic N) is 5. The van der Waals surface area contributed by atoms with Gasteiger partial charge in [-0.1, -0.05) is 0 Å². The van der Waals surface area contributed by atoms with Crippen molar-refractivity contribution in [1.82, 2.24) is 19.7 Å². The zero-order chi connectivity index (χ0) is 18.0. The molecule has 3 aromatic rings. The fourth-order valence-corrected chi connectivity index (χ4v) is 2.88. The first-order valence-electron chi connectivity index (χ1n) is 7.88. The van der Waals surface area contributed by atoms with E-state index in [4.69, 9.17) is 0 Å². The van der Waals surface area contributed by atoms with Crippen molar-refractivity contribution in [2.75, 3.05) is 26.0 Å². The van der Waals surface area contributed by atoms with Crippen molar-refractivity contribution in [2.45, 2.75) is 6.04 Å². The van der Waals surface area contributed by atoms with Gasteiger partial charge in [0, 0.05) is 37.6 Å². The molecule has 0 bridgehead atoms. The van der Waals surface area contributed by atoms with Crippen LogP contribution in [0.25, 0.3) is 10.9 Å². The van der Waals surface area contributed by atoms with Crippen LogP contribution in [0.4, 0.5) is 11.4 Å². The third kappa shape index (κ3) is 3.43. The molecule has 1 N–H and O–H groups in total. The van der Waals surface area contributed by atoms with Crippen LogP contribution in [0, 0.1) is 10.1 Å². The van der Waals surface area contributed by atoms with E-state index in [1.165, 1.54) is 6.07 Å². The van der Waals surface area contributed by atoms with Gasteiger partial charge in [0.05, 0.1) is 28.2 Å². The number of benzene rings is 1. The van der Waals surface area contributed by atoms with E-state index in [9.17, 15) is 10.1 Å². The number of nitrogens with one attached hydrogen (secondary N) is 1. The first-order valence-corrected chi connectivity index (χ1v) is 7.88. The van der Waals surface area contributed by atoms with Gasteiger partial charge in [-0.2, -0.15) is 5.10 Å². The summed E-state index contributed by atoms with van der Waals surface area (Å²) in [6.07, 6.45) is 5.47. The second kappa shape index (κ2) is 6.86. The minimum absolute atomic E-state index is 0.0602. The highest BCUT2D eigenvalue weighted by Crippen LogP contribution is 2.30. The maximum absolute atomic E-state index is 11.2. The second-order valence-electron chi connectivity index (χ2n) is 6.10. The number of pyridine rings is 1. The van der Waals surface area contributed by atoms with Gasteiger partial charge in [0.15, 0.2) is 0 Å². The summed E-state index contributed by atoms with van der Waals surface area (Å²) < 4.78 is 1.77.